The van der Waals surface area contributed by atoms with Crippen molar-refractivity contribution >= 4 is 45.7 Å². The predicted octanol–water partition coefficient (Wildman–Crippen LogP) is 2.79. The van der Waals surface area contributed by atoms with Crippen molar-refractivity contribution in [2.45, 2.75) is 19.9 Å². The van der Waals surface area contributed by atoms with Gasteiger partial charge in [0.15, 0.2) is 18.1 Å². The normalized spacial score (nSPS) is 14.9. The molecule has 1 heterocycles. The largest absolute Gasteiger partial charge is 0.502 e. The first-order chi connectivity index (χ1) is 18.5. The molecule has 3 amide bonds. The number of phenolic OH excluding ortho intramolecular Hbond substituents is 1. The molecule has 0 aliphatic carbocycles. The lowest BCUT2D eigenvalue weighted by Gasteiger charge is -2.28. The van der Waals surface area contributed by atoms with Gasteiger partial charge in [-0.15, -0.1) is 0 Å². The van der Waals surface area contributed by atoms with Gasteiger partial charge in [0.05, 0.1) is 36.5 Å². The van der Waals surface area contributed by atoms with Crippen molar-refractivity contribution in [3.63, 3.8) is 0 Å². The minimum Gasteiger partial charge on any atom is -0.502 e. The Hall–Kier alpha value is -4.66. The van der Waals surface area contributed by atoms with Gasteiger partial charge in [0.2, 0.25) is 5.75 Å². The highest BCUT2D eigenvalue weighted by atomic mass is 79.9. The first-order valence-electron chi connectivity index (χ1n) is 11.3. The number of phenols is 1. The van der Waals surface area contributed by atoms with Gasteiger partial charge in [-0.1, -0.05) is 22.0 Å². The van der Waals surface area contributed by atoms with Crippen LogP contribution in [0.15, 0.2) is 51.2 Å². The minimum atomic E-state index is -0.816. The standard InChI is InChI=1S/C24H24BrN5O9/c1-4-38-23(33)20-12(2)27-24(34)28-21(20)13-5-6-17(18(8-13)37-3)39-11-19(31)29-26-10-14-7-15(25)9-16(22(14)32)30(35)36/h5-10,21,32H,4,11H2,1-3H3,(H,29,31)(H2,27,28,34)/b26-10+/t21-/m1/s1. The Balaban J connectivity index is 1.70. The number of nitrogens with one attached hydrogen (secondary N) is 3. The molecular weight excluding hydrogens is 582 g/mol. The Labute approximate surface area is 230 Å². The fraction of sp³-hybridized carbons (Fsp3) is 0.250. The van der Waals surface area contributed by atoms with E-state index in [1.807, 2.05) is 0 Å². The van der Waals surface area contributed by atoms with Crippen molar-refractivity contribution in [3.8, 4) is 17.2 Å². The van der Waals surface area contributed by atoms with Crippen LogP contribution >= 0.6 is 15.9 Å². The monoisotopic (exact) mass is 605 g/mol. The number of nitro benzene ring substituents is 1. The molecule has 0 radical (unpaired) electrons. The number of hydrazone groups is 1. The zero-order valence-electron chi connectivity index (χ0n) is 20.9. The molecule has 2 aromatic carbocycles. The molecule has 0 unspecified atom stereocenters. The number of halogens is 1. The molecule has 4 N–H and O–H groups in total. The average molecular weight is 606 g/mol. The van der Waals surface area contributed by atoms with E-state index in [1.165, 1.54) is 19.2 Å². The summed E-state index contributed by atoms with van der Waals surface area (Å²) >= 11 is 3.11. The van der Waals surface area contributed by atoms with Crippen LogP contribution in [0, 0.1) is 10.1 Å². The summed E-state index contributed by atoms with van der Waals surface area (Å²) in [6, 6.07) is 5.87. The number of carbonyl (C=O) groups is 3. The molecule has 1 atom stereocenters. The van der Waals surface area contributed by atoms with E-state index in [4.69, 9.17) is 14.2 Å². The zero-order valence-corrected chi connectivity index (χ0v) is 22.5. The molecule has 14 nitrogen and oxygen atoms in total. The van der Waals surface area contributed by atoms with E-state index in [9.17, 15) is 29.6 Å². The Kier molecular flexibility index (Phi) is 9.43. The lowest BCUT2D eigenvalue weighted by molar-refractivity contribution is -0.385. The molecule has 15 heteroatoms. The Bertz CT molecular complexity index is 1380. The van der Waals surface area contributed by atoms with Gasteiger partial charge >= 0.3 is 17.7 Å². The molecule has 1 aliphatic heterocycles. The van der Waals surface area contributed by atoms with E-state index >= 15 is 0 Å². The molecule has 39 heavy (non-hydrogen) atoms. The SMILES string of the molecule is CCOC(=O)C1=C(C)NC(=O)N[C@@H]1c1ccc(OCC(=O)N/N=C/c2cc(Br)cc([N+](=O)[O-])c2O)c(OC)c1. The number of hydrogen-bond donors (Lipinski definition) is 4. The number of nitrogens with zero attached hydrogens (tertiary/aromatic N) is 2. The molecule has 0 saturated heterocycles. The summed E-state index contributed by atoms with van der Waals surface area (Å²) in [5.74, 6) is -1.45. The van der Waals surface area contributed by atoms with Gasteiger partial charge in [0.1, 0.15) is 0 Å². The second-order valence-corrected chi connectivity index (χ2v) is 8.82. The highest BCUT2D eigenvalue weighted by molar-refractivity contribution is 9.10. The summed E-state index contributed by atoms with van der Waals surface area (Å²) < 4.78 is 16.4. The minimum absolute atomic E-state index is 0.00558. The van der Waals surface area contributed by atoms with Gasteiger partial charge in [-0.2, -0.15) is 5.10 Å². The molecule has 0 fully saturated rings. The maximum atomic E-state index is 12.5. The van der Waals surface area contributed by atoms with E-state index in [0.717, 1.165) is 12.3 Å². The van der Waals surface area contributed by atoms with E-state index < -0.39 is 46.9 Å². The number of urea groups is 1. The molecule has 0 bridgehead atoms. The van der Waals surface area contributed by atoms with Crippen LogP contribution in [-0.2, 0) is 14.3 Å². The van der Waals surface area contributed by atoms with Gasteiger partial charge in [-0.25, -0.2) is 15.0 Å². The molecule has 0 saturated carbocycles. The number of amides is 3. The van der Waals surface area contributed by atoms with Crippen molar-refractivity contribution in [1.29, 1.82) is 0 Å². The molecule has 1 aliphatic rings. The van der Waals surface area contributed by atoms with Crippen molar-refractivity contribution in [2.75, 3.05) is 20.3 Å². The second-order valence-electron chi connectivity index (χ2n) is 7.90. The van der Waals surface area contributed by atoms with Gasteiger partial charge in [0.25, 0.3) is 5.91 Å². The highest BCUT2D eigenvalue weighted by Crippen LogP contribution is 2.35. The lowest BCUT2D eigenvalue weighted by atomic mass is 9.95. The van der Waals surface area contributed by atoms with Crippen LogP contribution in [0.5, 0.6) is 17.2 Å². The van der Waals surface area contributed by atoms with E-state index in [0.29, 0.717) is 15.7 Å². The molecule has 206 valence electrons. The van der Waals surface area contributed by atoms with Crippen LogP contribution in [0.2, 0.25) is 0 Å². The van der Waals surface area contributed by atoms with Gasteiger partial charge in [-0.05, 0) is 37.6 Å². The molecule has 0 aromatic heterocycles. The Morgan fingerprint density at radius 3 is 2.69 bits per heavy atom. The van der Waals surface area contributed by atoms with Gasteiger partial charge in [0, 0.05) is 21.8 Å². The number of ether oxygens (including phenoxy) is 3. The summed E-state index contributed by atoms with van der Waals surface area (Å²) in [6.45, 7) is 2.94. The summed E-state index contributed by atoms with van der Waals surface area (Å²) in [5, 5.41) is 30.0. The predicted molar refractivity (Wildman–Crippen MR) is 140 cm³/mol. The summed E-state index contributed by atoms with van der Waals surface area (Å²) in [4.78, 5) is 47.1. The third-order valence-electron chi connectivity index (χ3n) is 5.32. The number of nitro groups is 1. The Morgan fingerprint density at radius 2 is 2.03 bits per heavy atom. The van der Waals surface area contributed by atoms with Crippen LogP contribution in [-0.4, -0.2) is 54.5 Å². The molecule has 2 aromatic rings. The number of methoxy groups -OCH3 is 1. The number of rotatable bonds is 10. The number of carbonyl (C=O) groups excluding carboxylic acids is 3. The quantitative estimate of drug-likeness (QED) is 0.136. The maximum Gasteiger partial charge on any atom is 0.338 e. The number of allylic oxidation sites excluding steroid dienone is 1. The van der Waals surface area contributed by atoms with Gasteiger partial charge < -0.3 is 30.0 Å². The van der Waals surface area contributed by atoms with E-state index in [2.05, 4.69) is 37.1 Å². The summed E-state index contributed by atoms with van der Waals surface area (Å²) in [5.41, 5.74) is 2.76. The van der Waals surface area contributed by atoms with Crippen molar-refractivity contribution < 1.29 is 38.6 Å². The van der Waals surface area contributed by atoms with E-state index in [-0.39, 0.29) is 29.2 Å². The van der Waals surface area contributed by atoms with Crippen LogP contribution in [0.1, 0.15) is 31.0 Å². The number of esters is 1. The average Bonchev–Trinajstić information content (AvgIpc) is 2.88. The maximum absolute atomic E-state index is 12.5. The fourth-order valence-corrected chi connectivity index (χ4v) is 4.06. The smallest absolute Gasteiger partial charge is 0.338 e. The zero-order chi connectivity index (χ0) is 28.7. The van der Waals surface area contributed by atoms with Crippen molar-refractivity contribution in [1.82, 2.24) is 16.1 Å². The lowest BCUT2D eigenvalue weighted by Crippen LogP contribution is -2.45. The number of hydrogen-bond acceptors (Lipinski definition) is 10. The van der Waals surface area contributed by atoms with Crippen LogP contribution in [0.4, 0.5) is 10.5 Å². The van der Waals surface area contributed by atoms with Crippen LogP contribution in [0.25, 0.3) is 0 Å². The molecule has 0 spiro atoms. The van der Waals surface area contributed by atoms with Gasteiger partial charge in [-0.3, -0.25) is 14.9 Å². The van der Waals surface area contributed by atoms with Crippen LogP contribution in [0.3, 0.4) is 0 Å². The third kappa shape index (κ3) is 7.01. The first kappa shape index (κ1) is 28.9. The fourth-order valence-electron chi connectivity index (χ4n) is 3.60. The topological polar surface area (TPSA) is 191 Å². The van der Waals surface area contributed by atoms with Crippen molar-refractivity contribution in [3.05, 3.63) is 67.3 Å². The molecule has 3 rings (SSSR count). The number of aromatic hydroxyl groups is 1. The first-order valence-corrected chi connectivity index (χ1v) is 12.1. The number of benzene rings is 2. The van der Waals surface area contributed by atoms with Crippen molar-refractivity contribution in [2.24, 2.45) is 5.10 Å². The highest BCUT2D eigenvalue weighted by Gasteiger charge is 2.32. The third-order valence-corrected chi connectivity index (χ3v) is 5.78. The summed E-state index contributed by atoms with van der Waals surface area (Å²) in [6.07, 6.45) is 1.05. The second kappa shape index (κ2) is 12.7. The van der Waals surface area contributed by atoms with Crippen LogP contribution < -0.4 is 25.5 Å². The Morgan fingerprint density at radius 1 is 1.28 bits per heavy atom. The molecular formula is C24H24BrN5O9. The van der Waals surface area contributed by atoms with E-state index in [1.54, 1.807) is 26.0 Å². The summed E-state index contributed by atoms with van der Waals surface area (Å²) in [7, 11) is 1.38.